The van der Waals surface area contributed by atoms with Gasteiger partial charge in [-0.25, -0.2) is 0 Å². The fraction of sp³-hybridized carbons (Fsp3) is 0.810. The molecule has 0 N–H and O–H groups in total. The monoisotopic (exact) mass is 583 g/mol. The second kappa shape index (κ2) is 14.1. The molecule has 1 aromatic heterocycles. The van der Waals surface area contributed by atoms with Crippen molar-refractivity contribution in [3.05, 3.63) is 0 Å². The highest BCUT2D eigenvalue weighted by molar-refractivity contribution is 8.93. The Morgan fingerprint density at radius 2 is 1.23 bits per heavy atom. The molecule has 2 saturated heterocycles. The Kier molecular flexibility index (Phi) is 13.1. The molecule has 0 bridgehead atoms. The lowest BCUT2D eigenvalue weighted by Crippen LogP contribution is -2.36. The van der Waals surface area contributed by atoms with E-state index in [9.17, 15) is 0 Å². The quantitative estimate of drug-likeness (QED) is 0.423. The van der Waals surface area contributed by atoms with Crippen molar-refractivity contribution in [1.82, 2.24) is 19.8 Å². The number of ether oxygens (including phenoxy) is 2. The van der Waals surface area contributed by atoms with Gasteiger partial charge in [0.05, 0.1) is 0 Å². The number of nitrogens with zero attached hydrogens (tertiary/aromatic N) is 5. The van der Waals surface area contributed by atoms with Crippen LogP contribution < -0.4 is 14.4 Å². The predicted molar refractivity (Wildman–Crippen MR) is 140 cm³/mol. The van der Waals surface area contributed by atoms with E-state index in [1.165, 1.54) is 0 Å². The Morgan fingerprint density at radius 3 is 1.55 bits per heavy atom. The Morgan fingerprint density at radius 1 is 0.839 bits per heavy atom. The van der Waals surface area contributed by atoms with Crippen LogP contribution in [-0.2, 0) is 0 Å². The molecule has 180 valence electrons. The first-order valence-electron chi connectivity index (χ1n) is 10.9. The smallest absolute Gasteiger partial charge is 0.236 e. The molecule has 3 rings (SSSR count). The van der Waals surface area contributed by atoms with Crippen molar-refractivity contribution in [3.8, 4) is 11.8 Å². The number of piperidine rings is 2. The Hall–Kier alpha value is -0.290. The van der Waals surface area contributed by atoms with Gasteiger partial charge in [0.2, 0.25) is 17.7 Å². The Balaban J connectivity index is 0.00000240. The first kappa shape index (κ1) is 28.7. The Labute approximate surface area is 213 Å². The molecule has 10 heteroatoms. The number of halogens is 2. The third-order valence-electron chi connectivity index (χ3n) is 5.93. The topological polar surface area (TPSA) is 54.0 Å². The predicted octanol–water partition coefficient (Wildman–Crippen LogP) is 4.15. The summed E-state index contributed by atoms with van der Waals surface area (Å²) in [7, 11) is 4.33. The molecular formula is C21H39Br2N5O2S. The summed E-state index contributed by atoms with van der Waals surface area (Å²) in [5.74, 6) is 2.08. The molecule has 1 aromatic rings. The highest BCUT2D eigenvalue weighted by Gasteiger charge is 2.26. The molecule has 0 aromatic carbocycles. The third-order valence-corrected chi connectivity index (χ3v) is 6.69. The van der Waals surface area contributed by atoms with Gasteiger partial charge in [-0.15, -0.1) is 45.7 Å². The Bertz CT molecular complexity index is 608. The normalized spacial score (nSPS) is 18.7. The van der Waals surface area contributed by atoms with Crippen molar-refractivity contribution in [1.29, 1.82) is 0 Å². The maximum absolute atomic E-state index is 6.44. The number of hydrogen-bond donors (Lipinski definition) is 0. The molecule has 2 fully saturated rings. The van der Waals surface area contributed by atoms with E-state index in [2.05, 4.69) is 48.9 Å². The molecule has 2 aliphatic rings. The van der Waals surface area contributed by atoms with Crippen LogP contribution in [0.3, 0.4) is 0 Å². The SMILES string of the molecule is Br.Br.CCN(CC)c1nc(OC2CCN(C)CC2)c(SC)c(OC2CCN(C)CC2)n1. The molecule has 0 spiro atoms. The average molecular weight is 585 g/mol. The van der Waals surface area contributed by atoms with E-state index in [-0.39, 0.29) is 46.2 Å². The summed E-state index contributed by atoms with van der Waals surface area (Å²) in [5, 5.41) is 0. The van der Waals surface area contributed by atoms with Crippen molar-refractivity contribution in [2.24, 2.45) is 0 Å². The first-order chi connectivity index (χ1) is 14.0. The highest BCUT2D eigenvalue weighted by atomic mass is 79.9. The summed E-state index contributed by atoms with van der Waals surface area (Å²) in [6, 6.07) is 0. The lowest BCUT2D eigenvalue weighted by Gasteiger charge is -2.31. The minimum Gasteiger partial charge on any atom is -0.473 e. The minimum absolute atomic E-state index is 0. The summed E-state index contributed by atoms with van der Waals surface area (Å²) >= 11 is 1.62. The zero-order valence-electron chi connectivity index (χ0n) is 19.5. The van der Waals surface area contributed by atoms with Crippen LogP contribution in [0.1, 0.15) is 39.5 Å². The number of hydrogen-bond acceptors (Lipinski definition) is 8. The van der Waals surface area contributed by atoms with Crippen LogP contribution >= 0.6 is 45.7 Å². The van der Waals surface area contributed by atoms with Gasteiger partial charge >= 0.3 is 0 Å². The lowest BCUT2D eigenvalue weighted by atomic mass is 10.1. The van der Waals surface area contributed by atoms with Crippen molar-refractivity contribution in [2.45, 2.75) is 56.6 Å². The van der Waals surface area contributed by atoms with E-state index in [0.717, 1.165) is 69.8 Å². The minimum atomic E-state index is 0. The zero-order chi connectivity index (χ0) is 20.8. The molecule has 31 heavy (non-hydrogen) atoms. The van der Waals surface area contributed by atoms with Crippen LogP contribution in [-0.4, -0.2) is 91.6 Å². The van der Waals surface area contributed by atoms with Crippen LogP contribution in [0.25, 0.3) is 0 Å². The van der Waals surface area contributed by atoms with E-state index >= 15 is 0 Å². The van der Waals surface area contributed by atoms with Gasteiger partial charge in [-0.1, -0.05) is 0 Å². The van der Waals surface area contributed by atoms with Gasteiger partial charge in [-0.2, -0.15) is 9.97 Å². The summed E-state index contributed by atoms with van der Waals surface area (Å²) < 4.78 is 12.9. The summed E-state index contributed by atoms with van der Waals surface area (Å²) in [4.78, 5) is 17.5. The van der Waals surface area contributed by atoms with Crippen molar-refractivity contribution < 1.29 is 9.47 Å². The van der Waals surface area contributed by atoms with Gasteiger partial charge in [-0.3, -0.25) is 0 Å². The van der Waals surface area contributed by atoms with E-state index in [1.807, 2.05) is 0 Å². The third kappa shape index (κ3) is 7.91. The van der Waals surface area contributed by atoms with Crippen molar-refractivity contribution in [2.75, 3.05) is 64.5 Å². The van der Waals surface area contributed by atoms with Gasteiger partial charge in [0.25, 0.3) is 0 Å². The van der Waals surface area contributed by atoms with Crippen LogP contribution in [0.5, 0.6) is 11.8 Å². The largest absolute Gasteiger partial charge is 0.473 e. The number of thioether (sulfide) groups is 1. The van der Waals surface area contributed by atoms with E-state index in [4.69, 9.17) is 19.4 Å². The molecule has 0 unspecified atom stereocenters. The second-order valence-electron chi connectivity index (χ2n) is 8.08. The molecule has 2 aliphatic heterocycles. The van der Waals surface area contributed by atoms with E-state index in [0.29, 0.717) is 17.7 Å². The molecular weight excluding hydrogens is 546 g/mol. The number of aromatic nitrogens is 2. The molecule has 3 heterocycles. The number of rotatable bonds is 8. The van der Waals surface area contributed by atoms with Crippen molar-refractivity contribution in [3.63, 3.8) is 0 Å². The zero-order valence-corrected chi connectivity index (χ0v) is 23.7. The van der Waals surface area contributed by atoms with Gasteiger partial charge in [0.15, 0.2) is 0 Å². The summed E-state index contributed by atoms with van der Waals surface area (Å²) in [6.45, 7) is 10.2. The number of likely N-dealkylation sites (tertiary alicyclic amines) is 2. The summed E-state index contributed by atoms with van der Waals surface area (Å²) in [6.07, 6.45) is 6.57. The summed E-state index contributed by atoms with van der Waals surface area (Å²) in [5.41, 5.74) is 0. The highest BCUT2D eigenvalue weighted by Crippen LogP contribution is 2.38. The maximum Gasteiger partial charge on any atom is 0.236 e. The van der Waals surface area contributed by atoms with Crippen LogP contribution in [0.2, 0.25) is 0 Å². The molecule has 0 atom stereocenters. The van der Waals surface area contributed by atoms with Gasteiger partial charge < -0.3 is 24.2 Å². The van der Waals surface area contributed by atoms with Crippen LogP contribution in [0.15, 0.2) is 4.90 Å². The fourth-order valence-electron chi connectivity index (χ4n) is 3.90. The van der Waals surface area contributed by atoms with Gasteiger partial charge in [0.1, 0.15) is 17.1 Å². The average Bonchev–Trinajstić information content (AvgIpc) is 2.72. The van der Waals surface area contributed by atoms with Gasteiger partial charge in [0, 0.05) is 39.3 Å². The maximum atomic E-state index is 6.44. The van der Waals surface area contributed by atoms with Gasteiger partial charge in [-0.05, 0) is 59.9 Å². The molecule has 7 nitrogen and oxygen atoms in total. The molecule has 0 radical (unpaired) electrons. The molecule has 0 saturated carbocycles. The number of anilines is 1. The van der Waals surface area contributed by atoms with Crippen LogP contribution in [0.4, 0.5) is 5.95 Å². The lowest BCUT2D eigenvalue weighted by molar-refractivity contribution is 0.0961. The molecule has 0 aliphatic carbocycles. The van der Waals surface area contributed by atoms with E-state index < -0.39 is 0 Å². The molecule has 0 amide bonds. The van der Waals surface area contributed by atoms with Crippen LogP contribution in [0, 0.1) is 0 Å². The van der Waals surface area contributed by atoms with Crippen molar-refractivity contribution >= 4 is 51.7 Å². The second-order valence-corrected chi connectivity index (χ2v) is 8.90. The standard InChI is InChI=1S/C21H37N5O2S.2BrH/c1-6-26(7-2)21-22-19(27-16-8-12-24(3)13-9-16)18(29-5)20(23-21)28-17-10-14-25(4)15-11-17;;/h16-17H,6-15H2,1-5H3;2*1H. The fourth-order valence-corrected chi connectivity index (χ4v) is 4.44. The first-order valence-corrected chi connectivity index (χ1v) is 12.2. The van der Waals surface area contributed by atoms with E-state index in [1.54, 1.807) is 11.8 Å².